The highest BCUT2D eigenvalue weighted by atomic mass is 32.1. The summed E-state index contributed by atoms with van der Waals surface area (Å²) in [5, 5.41) is 15.6. The zero-order valence-electron chi connectivity index (χ0n) is 13.4. The van der Waals surface area contributed by atoms with Crippen LogP contribution in [0, 0.1) is 11.3 Å². The van der Waals surface area contributed by atoms with Gasteiger partial charge in [0.15, 0.2) is 5.11 Å². The summed E-state index contributed by atoms with van der Waals surface area (Å²) < 4.78 is 4.91. The number of fused-ring (bicyclic) bond motifs is 1. The number of hydrogen-bond acceptors (Lipinski definition) is 6. The van der Waals surface area contributed by atoms with Crippen LogP contribution < -0.4 is 10.6 Å². The van der Waals surface area contributed by atoms with Gasteiger partial charge in [-0.3, -0.25) is 9.59 Å². The predicted octanol–water partition coefficient (Wildman–Crippen LogP) is 2.65. The van der Waals surface area contributed by atoms with Gasteiger partial charge in [0.1, 0.15) is 11.1 Å². The lowest BCUT2D eigenvalue weighted by atomic mass is 10.1. The largest absolute Gasteiger partial charge is 0.466 e. The maximum absolute atomic E-state index is 11.8. The highest BCUT2D eigenvalue weighted by molar-refractivity contribution is 7.80. The number of ether oxygens (including phenoxy) is 1. The molecular formula is C16H19N3O3S2. The van der Waals surface area contributed by atoms with Crippen molar-refractivity contribution >= 4 is 45.5 Å². The number of nitrogens with zero attached hydrogens (tertiary/aromatic N) is 1. The second-order valence-corrected chi connectivity index (χ2v) is 6.91. The van der Waals surface area contributed by atoms with Crippen molar-refractivity contribution in [2.75, 3.05) is 11.9 Å². The van der Waals surface area contributed by atoms with Gasteiger partial charge in [0.25, 0.3) is 0 Å². The molecule has 0 aromatic carbocycles. The third-order valence-corrected chi connectivity index (χ3v) is 4.95. The van der Waals surface area contributed by atoms with Crippen LogP contribution in [0.15, 0.2) is 0 Å². The van der Waals surface area contributed by atoms with Crippen LogP contribution in [0.2, 0.25) is 0 Å². The number of thiocarbonyl (C=S) groups is 1. The second kappa shape index (κ2) is 8.76. The van der Waals surface area contributed by atoms with Crippen LogP contribution in [0.25, 0.3) is 0 Å². The molecule has 0 atom stereocenters. The Hall–Kier alpha value is -1.98. The molecule has 1 amide bonds. The van der Waals surface area contributed by atoms with Gasteiger partial charge in [0.2, 0.25) is 5.91 Å². The Balaban J connectivity index is 1.82. The lowest BCUT2D eigenvalue weighted by Gasteiger charge is -2.08. The van der Waals surface area contributed by atoms with E-state index >= 15 is 0 Å². The highest BCUT2D eigenvalue weighted by Gasteiger charge is 2.22. The van der Waals surface area contributed by atoms with Crippen molar-refractivity contribution in [3.8, 4) is 6.07 Å². The fourth-order valence-electron chi connectivity index (χ4n) is 2.44. The van der Waals surface area contributed by atoms with E-state index in [0.717, 1.165) is 31.2 Å². The lowest BCUT2D eigenvalue weighted by Crippen LogP contribution is -2.34. The molecule has 0 saturated heterocycles. The van der Waals surface area contributed by atoms with Gasteiger partial charge in [0.05, 0.1) is 18.6 Å². The van der Waals surface area contributed by atoms with Crippen molar-refractivity contribution in [2.45, 2.75) is 45.4 Å². The predicted molar refractivity (Wildman–Crippen MR) is 95.9 cm³/mol. The summed E-state index contributed by atoms with van der Waals surface area (Å²) in [5.74, 6) is -0.754. The van der Waals surface area contributed by atoms with Gasteiger partial charge >= 0.3 is 5.97 Å². The first-order valence-corrected chi connectivity index (χ1v) is 9.08. The van der Waals surface area contributed by atoms with E-state index in [0.29, 0.717) is 17.2 Å². The zero-order valence-corrected chi connectivity index (χ0v) is 15.1. The van der Waals surface area contributed by atoms with Crippen LogP contribution in [-0.4, -0.2) is 23.6 Å². The summed E-state index contributed by atoms with van der Waals surface area (Å²) in [4.78, 5) is 24.4. The van der Waals surface area contributed by atoms with Gasteiger partial charge in [-0.15, -0.1) is 11.3 Å². The Morgan fingerprint density at radius 1 is 1.38 bits per heavy atom. The van der Waals surface area contributed by atoms with Crippen LogP contribution in [0.5, 0.6) is 0 Å². The summed E-state index contributed by atoms with van der Waals surface area (Å²) in [6.07, 6.45) is 3.75. The number of thiophene rings is 1. The lowest BCUT2D eigenvalue weighted by molar-refractivity contribution is -0.144. The quantitative estimate of drug-likeness (QED) is 0.595. The van der Waals surface area contributed by atoms with Gasteiger partial charge < -0.3 is 15.4 Å². The molecule has 2 N–H and O–H groups in total. The van der Waals surface area contributed by atoms with Gasteiger partial charge in [-0.05, 0) is 43.5 Å². The first-order chi connectivity index (χ1) is 11.5. The first-order valence-electron chi connectivity index (χ1n) is 7.86. The van der Waals surface area contributed by atoms with Gasteiger partial charge in [0, 0.05) is 11.3 Å². The Labute approximate surface area is 150 Å². The van der Waals surface area contributed by atoms with E-state index in [4.69, 9.17) is 17.0 Å². The standard InChI is InChI=1S/C16H19N3O3S2/c1-2-8-22-14(21)7-6-13(20)18-16(23)19-15-11(9-17)10-4-3-5-12(10)24-15/h2-8H2,1H3,(H2,18,19,20,23). The summed E-state index contributed by atoms with van der Waals surface area (Å²) >= 11 is 6.62. The monoisotopic (exact) mass is 365 g/mol. The van der Waals surface area contributed by atoms with Crippen molar-refractivity contribution in [1.82, 2.24) is 5.32 Å². The Morgan fingerprint density at radius 2 is 2.17 bits per heavy atom. The molecule has 0 saturated carbocycles. The molecule has 128 valence electrons. The minimum absolute atomic E-state index is 0.0103. The molecule has 24 heavy (non-hydrogen) atoms. The normalized spacial score (nSPS) is 12.2. The molecule has 6 nitrogen and oxygen atoms in total. The van der Waals surface area contributed by atoms with Crippen LogP contribution in [-0.2, 0) is 27.2 Å². The average Bonchev–Trinajstić information content (AvgIpc) is 3.11. The number of carbonyl (C=O) groups excluding carboxylic acids is 2. The zero-order chi connectivity index (χ0) is 17.5. The minimum atomic E-state index is -0.396. The van der Waals surface area contributed by atoms with Gasteiger partial charge in [-0.25, -0.2) is 0 Å². The summed E-state index contributed by atoms with van der Waals surface area (Å²) in [7, 11) is 0. The molecule has 1 aromatic rings. The molecule has 1 aromatic heterocycles. The molecule has 0 unspecified atom stereocenters. The van der Waals surface area contributed by atoms with Gasteiger partial charge in [-0.2, -0.15) is 5.26 Å². The average molecular weight is 365 g/mol. The fraction of sp³-hybridized carbons (Fsp3) is 0.500. The summed E-state index contributed by atoms with van der Waals surface area (Å²) in [6, 6.07) is 2.21. The van der Waals surface area contributed by atoms with Crippen molar-refractivity contribution in [1.29, 1.82) is 5.26 Å². The highest BCUT2D eigenvalue weighted by Crippen LogP contribution is 2.38. The number of carbonyl (C=O) groups is 2. The van der Waals surface area contributed by atoms with Crippen LogP contribution in [0.3, 0.4) is 0 Å². The molecule has 2 rings (SSSR count). The van der Waals surface area contributed by atoms with E-state index in [-0.39, 0.29) is 23.9 Å². The van der Waals surface area contributed by atoms with E-state index in [2.05, 4.69) is 16.7 Å². The van der Waals surface area contributed by atoms with Crippen LogP contribution in [0.4, 0.5) is 5.00 Å². The number of aryl methyl sites for hydroxylation is 1. The first kappa shape index (κ1) is 18.4. The topological polar surface area (TPSA) is 91.2 Å². The van der Waals surface area contributed by atoms with Crippen molar-refractivity contribution in [3.05, 3.63) is 16.0 Å². The minimum Gasteiger partial charge on any atom is -0.466 e. The SMILES string of the molecule is CCCOC(=O)CCC(=O)NC(=S)Nc1sc2c(c1C#N)CCC2. The fourth-order valence-corrected chi connectivity index (χ4v) is 3.96. The number of rotatable bonds is 6. The van der Waals surface area contributed by atoms with Crippen LogP contribution >= 0.6 is 23.6 Å². The van der Waals surface area contributed by atoms with Gasteiger partial charge in [-0.1, -0.05) is 6.92 Å². The van der Waals surface area contributed by atoms with Crippen molar-refractivity contribution in [2.24, 2.45) is 0 Å². The van der Waals surface area contributed by atoms with E-state index in [1.807, 2.05) is 6.92 Å². The number of hydrogen-bond donors (Lipinski definition) is 2. The maximum Gasteiger partial charge on any atom is 0.306 e. The van der Waals surface area contributed by atoms with E-state index in [1.54, 1.807) is 0 Å². The number of amides is 1. The third-order valence-electron chi connectivity index (χ3n) is 3.54. The number of nitrogens with one attached hydrogen (secondary N) is 2. The van der Waals surface area contributed by atoms with Crippen molar-refractivity contribution < 1.29 is 14.3 Å². The molecule has 1 heterocycles. The molecule has 0 spiro atoms. The number of nitriles is 1. The molecule has 0 bridgehead atoms. The molecule has 0 aliphatic heterocycles. The second-order valence-electron chi connectivity index (χ2n) is 5.40. The molecule has 0 radical (unpaired) electrons. The van der Waals surface area contributed by atoms with E-state index in [9.17, 15) is 14.9 Å². The number of esters is 1. The molecule has 1 aliphatic carbocycles. The Kier molecular flexibility index (Phi) is 6.70. The smallest absolute Gasteiger partial charge is 0.306 e. The molecule has 8 heteroatoms. The van der Waals surface area contributed by atoms with E-state index < -0.39 is 5.97 Å². The Bertz CT molecular complexity index is 691. The number of anilines is 1. The maximum atomic E-state index is 11.8. The third kappa shape index (κ3) is 4.76. The summed E-state index contributed by atoms with van der Waals surface area (Å²) in [5.41, 5.74) is 1.71. The molecular weight excluding hydrogens is 346 g/mol. The molecule has 1 aliphatic rings. The van der Waals surface area contributed by atoms with Crippen molar-refractivity contribution in [3.63, 3.8) is 0 Å². The van der Waals surface area contributed by atoms with E-state index in [1.165, 1.54) is 16.2 Å². The Morgan fingerprint density at radius 3 is 2.88 bits per heavy atom. The molecule has 0 fully saturated rings. The van der Waals surface area contributed by atoms with Crippen LogP contribution in [0.1, 0.15) is 48.6 Å². The summed E-state index contributed by atoms with van der Waals surface area (Å²) in [6.45, 7) is 2.26.